The van der Waals surface area contributed by atoms with Crippen LogP contribution in [-0.4, -0.2) is 60.0 Å². The molecule has 1 saturated heterocycles. The fraction of sp³-hybridized carbons (Fsp3) is 0.308. The third-order valence-corrected chi connectivity index (χ3v) is 7.06. The molecule has 9 nitrogen and oxygen atoms in total. The molecular weight excluding hydrogens is 465 g/mol. The molecule has 1 fully saturated rings. The van der Waals surface area contributed by atoms with Crippen LogP contribution in [0, 0.1) is 15.9 Å². The monoisotopic (exact) mass is 491 g/mol. The van der Waals surface area contributed by atoms with Crippen molar-refractivity contribution in [2.75, 3.05) is 38.1 Å². The number of pyridine rings is 1. The third-order valence-electron chi connectivity index (χ3n) is 7.06. The Morgan fingerprint density at radius 3 is 2.50 bits per heavy atom. The number of halogens is 1. The number of nitrogens with zero attached hydrogens (tertiary/aromatic N) is 3. The summed E-state index contributed by atoms with van der Waals surface area (Å²) in [5, 5.41) is 14.2. The molecule has 186 valence electrons. The Hall–Kier alpha value is -4.05. The molecular formula is C26H26FN5O4. The van der Waals surface area contributed by atoms with E-state index in [1.807, 2.05) is 24.3 Å². The predicted octanol–water partition coefficient (Wildman–Crippen LogP) is 3.30. The molecule has 1 aromatic heterocycles. The first kappa shape index (κ1) is 23.7. The van der Waals surface area contributed by atoms with Crippen molar-refractivity contribution >= 4 is 33.6 Å². The molecule has 3 aromatic rings. The van der Waals surface area contributed by atoms with E-state index in [1.165, 1.54) is 0 Å². The van der Waals surface area contributed by atoms with E-state index >= 15 is 0 Å². The molecule has 0 saturated carbocycles. The van der Waals surface area contributed by atoms with Crippen molar-refractivity contribution in [3.63, 3.8) is 0 Å². The number of carbonyl (C=O) groups excluding carboxylic acids is 1. The number of anilines is 1. The Labute approximate surface area is 206 Å². The Morgan fingerprint density at radius 2 is 1.83 bits per heavy atom. The summed E-state index contributed by atoms with van der Waals surface area (Å²) < 4.78 is 13.8. The summed E-state index contributed by atoms with van der Waals surface area (Å²) in [6.45, 7) is 3.43. The van der Waals surface area contributed by atoms with E-state index in [2.05, 4.69) is 26.2 Å². The highest BCUT2D eigenvalue weighted by molar-refractivity contribution is 5.94. The van der Waals surface area contributed by atoms with Gasteiger partial charge in [0.15, 0.2) is 0 Å². The highest BCUT2D eigenvalue weighted by Gasteiger charge is 2.27. The van der Waals surface area contributed by atoms with Gasteiger partial charge in [0.2, 0.25) is 0 Å². The lowest BCUT2D eigenvalue weighted by Crippen LogP contribution is -2.49. The van der Waals surface area contributed by atoms with E-state index in [9.17, 15) is 24.1 Å². The lowest BCUT2D eigenvalue weighted by molar-refractivity contribution is -0.383. The number of benzene rings is 2. The Bertz CT molecular complexity index is 1420. The normalized spacial score (nSPS) is 18.3. The summed E-state index contributed by atoms with van der Waals surface area (Å²) >= 11 is 0. The van der Waals surface area contributed by atoms with Crippen molar-refractivity contribution in [1.29, 1.82) is 0 Å². The number of non-ortho nitro benzene ring substituents is 1. The lowest BCUT2D eigenvalue weighted by atomic mass is 10.1. The fourth-order valence-electron chi connectivity index (χ4n) is 5.13. The molecule has 36 heavy (non-hydrogen) atoms. The van der Waals surface area contributed by atoms with Gasteiger partial charge in [0, 0.05) is 56.2 Å². The summed E-state index contributed by atoms with van der Waals surface area (Å²) in [4.78, 5) is 42.6. The maximum atomic E-state index is 13.8. The number of allylic oxidation sites excluding steroid dienone is 1. The standard InChI is InChI=1S/C26H26FN5O4/c1-28-25(33)16-2-5-19(6-3-16)30-8-10-31(11-9-30)20-7-4-17(12-20)23-15-21-22(26(34)29-23)13-18(27)14-24(21)32(35)36/h2-3,5-6,12-15,20H,4,7-11H2,1H3,(H,28,33)(H,29,34)/t20-/m1/s1. The van der Waals surface area contributed by atoms with Crippen LogP contribution in [0.5, 0.6) is 0 Å². The fourth-order valence-corrected chi connectivity index (χ4v) is 5.13. The smallest absolute Gasteiger partial charge is 0.280 e. The van der Waals surface area contributed by atoms with Crippen LogP contribution in [0.4, 0.5) is 15.8 Å². The number of aromatic nitrogens is 1. The Balaban J connectivity index is 1.30. The minimum absolute atomic E-state index is 0.0277. The van der Waals surface area contributed by atoms with Gasteiger partial charge in [-0.15, -0.1) is 0 Å². The highest BCUT2D eigenvalue weighted by atomic mass is 19.1. The predicted molar refractivity (Wildman–Crippen MR) is 136 cm³/mol. The van der Waals surface area contributed by atoms with Gasteiger partial charge in [-0.3, -0.25) is 24.6 Å². The van der Waals surface area contributed by atoms with E-state index in [1.54, 1.807) is 13.1 Å². The number of aromatic amines is 1. The molecule has 0 bridgehead atoms. The quantitative estimate of drug-likeness (QED) is 0.419. The maximum Gasteiger partial charge on any atom is 0.280 e. The molecule has 2 heterocycles. The van der Waals surface area contributed by atoms with E-state index in [4.69, 9.17) is 0 Å². The van der Waals surface area contributed by atoms with Gasteiger partial charge < -0.3 is 15.2 Å². The Morgan fingerprint density at radius 1 is 1.11 bits per heavy atom. The zero-order chi connectivity index (χ0) is 25.4. The number of piperazine rings is 1. The van der Waals surface area contributed by atoms with E-state index in [0.717, 1.165) is 62.4 Å². The second kappa shape index (κ2) is 9.54. The van der Waals surface area contributed by atoms with Crippen LogP contribution in [-0.2, 0) is 0 Å². The average molecular weight is 492 g/mol. The molecule has 1 aliphatic heterocycles. The van der Waals surface area contributed by atoms with E-state index in [-0.39, 0.29) is 22.7 Å². The van der Waals surface area contributed by atoms with Gasteiger partial charge in [0.1, 0.15) is 5.82 Å². The summed E-state index contributed by atoms with van der Waals surface area (Å²) in [7, 11) is 1.61. The van der Waals surface area contributed by atoms with Gasteiger partial charge in [-0.05, 0) is 54.8 Å². The van der Waals surface area contributed by atoms with Crippen molar-refractivity contribution in [3.8, 4) is 0 Å². The van der Waals surface area contributed by atoms with Gasteiger partial charge in [-0.1, -0.05) is 6.08 Å². The van der Waals surface area contributed by atoms with Crippen LogP contribution in [0.15, 0.2) is 53.3 Å². The van der Waals surface area contributed by atoms with Crippen molar-refractivity contribution in [2.24, 2.45) is 0 Å². The highest BCUT2D eigenvalue weighted by Crippen LogP contribution is 2.33. The van der Waals surface area contributed by atoms with E-state index in [0.29, 0.717) is 11.3 Å². The van der Waals surface area contributed by atoms with Crippen LogP contribution >= 0.6 is 0 Å². The molecule has 0 unspecified atom stereocenters. The number of H-pyrrole nitrogens is 1. The molecule has 2 aliphatic rings. The number of nitro groups is 1. The minimum Gasteiger partial charge on any atom is -0.369 e. The molecule has 0 radical (unpaired) electrons. The van der Waals surface area contributed by atoms with Crippen LogP contribution < -0.4 is 15.8 Å². The molecule has 0 spiro atoms. The zero-order valence-corrected chi connectivity index (χ0v) is 19.8. The topological polar surface area (TPSA) is 112 Å². The number of rotatable bonds is 5. The number of nitro benzene ring substituents is 1. The zero-order valence-electron chi connectivity index (χ0n) is 19.8. The van der Waals surface area contributed by atoms with Crippen LogP contribution in [0.2, 0.25) is 0 Å². The first-order valence-corrected chi connectivity index (χ1v) is 11.9. The molecule has 2 aromatic carbocycles. The third kappa shape index (κ3) is 4.47. The van der Waals surface area contributed by atoms with Crippen LogP contribution in [0.3, 0.4) is 0 Å². The summed E-state index contributed by atoms with van der Waals surface area (Å²) in [6.07, 6.45) is 3.75. The number of hydrogen-bond donors (Lipinski definition) is 2. The molecule has 1 atom stereocenters. The van der Waals surface area contributed by atoms with Gasteiger partial charge in [0.25, 0.3) is 17.2 Å². The van der Waals surface area contributed by atoms with Crippen LogP contribution in [0.1, 0.15) is 28.9 Å². The summed E-state index contributed by atoms with van der Waals surface area (Å²) in [5.74, 6) is -0.918. The number of fused-ring (bicyclic) bond motifs is 1. The Kier molecular flexibility index (Phi) is 6.27. The van der Waals surface area contributed by atoms with Gasteiger partial charge in [-0.25, -0.2) is 4.39 Å². The molecule has 10 heteroatoms. The summed E-state index contributed by atoms with van der Waals surface area (Å²) in [6, 6.07) is 11.3. The second-order valence-corrected chi connectivity index (χ2v) is 9.10. The second-order valence-electron chi connectivity index (χ2n) is 9.10. The number of amides is 1. The van der Waals surface area contributed by atoms with Crippen LogP contribution in [0.25, 0.3) is 16.3 Å². The van der Waals surface area contributed by atoms with Crippen molar-refractivity contribution in [2.45, 2.75) is 18.9 Å². The molecule has 2 N–H and O–H groups in total. The maximum absolute atomic E-state index is 13.8. The number of nitrogens with one attached hydrogen (secondary N) is 2. The van der Waals surface area contributed by atoms with Gasteiger partial charge in [0.05, 0.1) is 21.8 Å². The SMILES string of the molecule is CNC(=O)c1ccc(N2CCN([C@H]3C=C(c4cc5c([N+](=O)[O-])cc(F)cc5c(=O)[nH]4)CC3)CC2)cc1. The molecule has 1 amide bonds. The molecule has 5 rings (SSSR count). The molecule has 1 aliphatic carbocycles. The van der Waals surface area contributed by atoms with Crippen molar-refractivity contribution in [1.82, 2.24) is 15.2 Å². The minimum atomic E-state index is -0.811. The van der Waals surface area contributed by atoms with E-state index < -0.39 is 22.0 Å². The first-order chi connectivity index (χ1) is 17.3. The average Bonchev–Trinajstić information content (AvgIpc) is 3.39. The van der Waals surface area contributed by atoms with Gasteiger partial charge >= 0.3 is 0 Å². The van der Waals surface area contributed by atoms with Gasteiger partial charge in [-0.2, -0.15) is 0 Å². The van der Waals surface area contributed by atoms with Crippen molar-refractivity contribution < 1.29 is 14.1 Å². The first-order valence-electron chi connectivity index (χ1n) is 11.9. The summed E-state index contributed by atoms with van der Waals surface area (Å²) in [5.41, 5.74) is 2.24. The lowest BCUT2D eigenvalue weighted by Gasteiger charge is -2.38. The largest absolute Gasteiger partial charge is 0.369 e. The number of carbonyl (C=O) groups is 1. The number of hydrogen-bond acceptors (Lipinski definition) is 6. The van der Waals surface area contributed by atoms with Crippen molar-refractivity contribution in [3.05, 3.63) is 86.1 Å².